The molecule has 0 radical (unpaired) electrons. The van der Waals surface area contributed by atoms with Gasteiger partial charge in [0.25, 0.3) is 0 Å². The van der Waals surface area contributed by atoms with Crippen molar-refractivity contribution in [1.29, 1.82) is 0 Å². The molecule has 0 spiro atoms. The fraction of sp³-hybridized carbons (Fsp3) is 0.108. The molecule has 3 heterocycles. The Morgan fingerprint density at radius 2 is 1.10 bits per heavy atom. The van der Waals surface area contributed by atoms with E-state index < -0.39 is 0 Å². The van der Waals surface area contributed by atoms with Crippen LogP contribution in [0.15, 0.2) is 212 Å². The third kappa shape index (κ3) is 5.63. The van der Waals surface area contributed by atoms with Crippen LogP contribution in [-0.2, 0) is 10.8 Å². The number of anilines is 6. The number of hydrogen-bond acceptors (Lipinski definition) is 2. The van der Waals surface area contributed by atoms with Gasteiger partial charge in [0, 0.05) is 72.2 Å². The highest BCUT2D eigenvalue weighted by molar-refractivity contribution is 6.90. The molecule has 11 aromatic rings. The summed E-state index contributed by atoms with van der Waals surface area (Å²) in [6.45, 7) is 11.7. The summed E-state index contributed by atoms with van der Waals surface area (Å²) in [5.41, 5.74) is 23.6. The second-order valence-electron chi connectivity index (χ2n) is 20.9. The first-order valence-corrected chi connectivity index (χ1v) is 24.5. The van der Waals surface area contributed by atoms with E-state index in [9.17, 15) is 0 Å². The minimum Gasteiger partial charge on any atom is -0.375 e. The second-order valence-corrected chi connectivity index (χ2v) is 20.9. The maximum atomic E-state index is 2.76. The Bertz CT molecular complexity index is 3880. The quantitative estimate of drug-likeness (QED) is 0.160. The topological polar surface area (TPSA) is 11.4 Å². The maximum absolute atomic E-state index is 2.76. The van der Waals surface area contributed by atoms with Crippen LogP contribution in [0.4, 0.5) is 34.1 Å². The van der Waals surface area contributed by atoms with Crippen LogP contribution >= 0.6 is 0 Å². The molecule has 0 N–H and O–H groups in total. The Hall–Kier alpha value is -8.08. The summed E-state index contributed by atoms with van der Waals surface area (Å²) in [6, 6.07) is 79.8. The molecule has 0 unspecified atom stereocenters. The first-order chi connectivity index (χ1) is 33.7. The van der Waals surface area contributed by atoms with Gasteiger partial charge in [-0.15, -0.1) is 0 Å². The highest BCUT2D eigenvalue weighted by Crippen LogP contribution is 2.58. The summed E-state index contributed by atoms with van der Waals surface area (Å²) >= 11 is 0. The number of rotatable bonds is 5. The first kappa shape index (κ1) is 40.0. The Morgan fingerprint density at radius 1 is 0.464 bits per heavy atom. The lowest BCUT2D eigenvalue weighted by molar-refractivity contribution is 0.590. The van der Waals surface area contributed by atoms with Crippen LogP contribution in [-0.4, -0.2) is 11.3 Å². The van der Waals surface area contributed by atoms with Crippen molar-refractivity contribution in [1.82, 2.24) is 4.48 Å². The van der Waals surface area contributed by atoms with Crippen molar-refractivity contribution in [3.63, 3.8) is 0 Å². The number of para-hydroxylation sites is 3. The summed E-state index contributed by atoms with van der Waals surface area (Å²) < 4.78 is 2.76. The van der Waals surface area contributed by atoms with Crippen molar-refractivity contribution in [3.8, 4) is 33.4 Å². The monoisotopic (exact) mass is 883 g/mol. The Kier molecular flexibility index (Phi) is 8.39. The molecule has 1 aromatic heterocycles. The van der Waals surface area contributed by atoms with Crippen molar-refractivity contribution in [2.24, 2.45) is 0 Å². The normalized spacial score (nSPS) is 13.9. The maximum Gasteiger partial charge on any atom is 0.333 e. The number of fused-ring (bicyclic) bond motifs is 13. The zero-order chi connectivity index (χ0) is 46.3. The number of hydrogen-bond donors (Lipinski definition) is 0. The minimum atomic E-state index is -0.302. The molecule has 0 fully saturated rings. The van der Waals surface area contributed by atoms with Gasteiger partial charge in [-0.2, -0.15) is 0 Å². The van der Waals surface area contributed by atoms with E-state index in [1.807, 2.05) is 0 Å². The van der Waals surface area contributed by atoms with Crippen molar-refractivity contribution < 1.29 is 0 Å². The molecular formula is C65H50BN3. The second kappa shape index (κ2) is 14.5. The molecule has 3 aliphatic rings. The summed E-state index contributed by atoms with van der Waals surface area (Å²) in [5, 5.41) is 5.11. The average Bonchev–Trinajstić information content (AvgIpc) is 3.84. The van der Waals surface area contributed by atoms with Crippen molar-refractivity contribution in [2.45, 2.75) is 45.4 Å². The first-order valence-electron chi connectivity index (χ1n) is 24.5. The number of benzene rings is 10. The number of nitrogens with zero attached hydrogens (tertiary/aromatic N) is 3. The largest absolute Gasteiger partial charge is 0.375 e. The lowest BCUT2D eigenvalue weighted by atomic mass is 9.44. The van der Waals surface area contributed by atoms with Crippen LogP contribution in [0.2, 0.25) is 0 Å². The minimum absolute atomic E-state index is 0.0513. The molecule has 0 saturated carbocycles. The van der Waals surface area contributed by atoms with Crippen LogP contribution in [0.3, 0.4) is 0 Å². The lowest BCUT2D eigenvalue weighted by Crippen LogP contribution is -2.57. The Balaban J connectivity index is 1.18. The van der Waals surface area contributed by atoms with E-state index in [2.05, 4.69) is 261 Å². The van der Waals surface area contributed by atoms with Crippen LogP contribution in [0, 0.1) is 0 Å². The van der Waals surface area contributed by atoms with E-state index in [1.54, 1.807) is 0 Å². The Morgan fingerprint density at radius 3 is 1.86 bits per heavy atom. The predicted octanol–water partition coefficient (Wildman–Crippen LogP) is 16.1. The lowest BCUT2D eigenvalue weighted by Gasteiger charge is -2.44. The fourth-order valence-electron chi connectivity index (χ4n) is 12.5. The molecule has 1 aliphatic carbocycles. The van der Waals surface area contributed by atoms with Gasteiger partial charge in [0.2, 0.25) is 0 Å². The molecule has 3 nitrogen and oxygen atoms in total. The van der Waals surface area contributed by atoms with Crippen molar-refractivity contribution >= 4 is 84.5 Å². The van der Waals surface area contributed by atoms with Crippen molar-refractivity contribution in [3.05, 3.63) is 229 Å². The van der Waals surface area contributed by atoms with E-state index in [0.717, 1.165) is 17.1 Å². The van der Waals surface area contributed by atoms with Gasteiger partial charge in [0.15, 0.2) is 0 Å². The summed E-state index contributed by atoms with van der Waals surface area (Å²) in [5.74, 6) is 0. The SMILES string of the molecule is CC(C)(C)c1ccc(N2c3ccc(N(c4ccccc4)c4ccccc4)cc3B3c4c(cc5c(c42)C(C)(C)c2ccccc2-5)-c2cccc4c5ccc6ccccc6c5n3c24)c(-c2ccccc2)c1. The summed E-state index contributed by atoms with van der Waals surface area (Å²) in [7, 11) is 0. The van der Waals surface area contributed by atoms with E-state index in [-0.39, 0.29) is 17.7 Å². The summed E-state index contributed by atoms with van der Waals surface area (Å²) in [6.07, 6.45) is 0. The van der Waals surface area contributed by atoms with E-state index in [4.69, 9.17) is 0 Å². The highest BCUT2D eigenvalue weighted by Gasteiger charge is 2.49. The molecule has 328 valence electrons. The number of aromatic nitrogens is 1. The standard InChI is InChI=1S/C65H50BN3/c1-64(2,3)43-33-36-57(52(38-43)41-20-9-6-10-21-41)68-58-37-34-46(67(44-23-11-7-12-24-44)45-25-13-8-14-26-45)39-56(58)66-60-54(40-53-48-28-17-18-31-55(48)65(4,5)59(53)63(60)68)50-30-19-29-49-51-35-32-42-22-15-16-27-47(42)61(51)69(66)62(49)50/h6-40H,1-5H3. The third-order valence-corrected chi connectivity index (χ3v) is 15.6. The molecule has 10 aromatic carbocycles. The Labute approximate surface area is 404 Å². The zero-order valence-corrected chi connectivity index (χ0v) is 39.6. The highest BCUT2D eigenvalue weighted by atomic mass is 15.2. The van der Waals surface area contributed by atoms with Gasteiger partial charge in [-0.05, 0) is 121 Å². The fourth-order valence-corrected chi connectivity index (χ4v) is 12.5. The average molecular weight is 884 g/mol. The van der Waals surface area contributed by atoms with E-state index >= 15 is 0 Å². The molecule has 0 amide bonds. The van der Waals surface area contributed by atoms with E-state index in [1.165, 1.54) is 111 Å². The smallest absolute Gasteiger partial charge is 0.333 e. The molecule has 0 atom stereocenters. The molecular weight excluding hydrogens is 834 g/mol. The van der Waals surface area contributed by atoms with E-state index in [0.29, 0.717) is 0 Å². The predicted molar refractivity (Wildman–Crippen MR) is 294 cm³/mol. The zero-order valence-electron chi connectivity index (χ0n) is 39.6. The molecule has 14 rings (SSSR count). The molecule has 0 bridgehead atoms. The van der Waals surface area contributed by atoms with Gasteiger partial charge in [0.05, 0.1) is 5.69 Å². The molecule has 2 aliphatic heterocycles. The van der Waals surface area contributed by atoms with Gasteiger partial charge in [0.1, 0.15) is 0 Å². The van der Waals surface area contributed by atoms with Crippen LogP contribution in [0.5, 0.6) is 0 Å². The van der Waals surface area contributed by atoms with Gasteiger partial charge in [-0.1, -0.05) is 186 Å². The van der Waals surface area contributed by atoms with Gasteiger partial charge in [-0.3, -0.25) is 0 Å². The van der Waals surface area contributed by atoms with Gasteiger partial charge >= 0.3 is 6.85 Å². The molecule has 4 heteroatoms. The van der Waals surface area contributed by atoms with Crippen LogP contribution in [0.25, 0.3) is 66.0 Å². The third-order valence-electron chi connectivity index (χ3n) is 15.6. The molecule has 0 saturated heterocycles. The van der Waals surface area contributed by atoms with Gasteiger partial charge < -0.3 is 14.3 Å². The van der Waals surface area contributed by atoms with Gasteiger partial charge in [-0.25, -0.2) is 0 Å². The van der Waals surface area contributed by atoms with Crippen molar-refractivity contribution in [2.75, 3.05) is 9.80 Å². The van der Waals surface area contributed by atoms with Crippen LogP contribution < -0.4 is 20.7 Å². The summed E-state index contributed by atoms with van der Waals surface area (Å²) in [4.78, 5) is 5.12. The molecule has 69 heavy (non-hydrogen) atoms. The van der Waals surface area contributed by atoms with Crippen LogP contribution in [0.1, 0.15) is 51.3 Å².